The van der Waals surface area contributed by atoms with Gasteiger partial charge in [-0.15, -0.1) is 0 Å². The van der Waals surface area contributed by atoms with Gasteiger partial charge in [0, 0.05) is 19.2 Å². The molecule has 0 saturated carbocycles. The van der Waals surface area contributed by atoms with Gasteiger partial charge in [-0.1, -0.05) is 0 Å². The molecule has 1 amide bonds. The predicted octanol–water partition coefficient (Wildman–Crippen LogP) is 0.143. The van der Waals surface area contributed by atoms with Crippen molar-refractivity contribution in [2.24, 2.45) is 5.92 Å². The van der Waals surface area contributed by atoms with E-state index in [1.807, 2.05) is 0 Å². The molecule has 0 fully saturated rings. The Morgan fingerprint density at radius 3 is 2.50 bits per heavy atom. The molecule has 0 spiro atoms. The molecular weight excluding hydrogens is 178 g/mol. The number of hydrogen-bond donors (Lipinski definition) is 3. The molecule has 0 radical (unpaired) electrons. The average Bonchev–Trinajstić information content (AvgIpc) is 1.96. The van der Waals surface area contributed by atoms with Gasteiger partial charge in [0.05, 0.1) is 5.92 Å². The van der Waals surface area contributed by atoms with Crippen LogP contribution in [0.3, 0.4) is 0 Å². The van der Waals surface area contributed by atoms with E-state index >= 15 is 0 Å². The van der Waals surface area contributed by atoms with Gasteiger partial charge < -0.3 is 10.4 Å². The molecule has 1 atom stereocenters. The molecular formula is C7H13NO3S. The van der Waals surface area contributed by atoms with E-state index in [1.54, 1.807) is 0 Å². The van der Waals surface area contributed by atoms with E-state index in [-0.39, 0.29) is 5.91 Å². The van der Waals surface area contributed by atoms with Gasteiger partial charge in [-0.3, -0.25) is 9.59 Å². The quantitative estimate of drug-likeness (QED) is 0.542. The van der Waals surface area contributed by atoms with Crippen LogP contribution >= 0.6 is 12.6 Å². The summed E-state index contributed by atoms with van der Waals surface area (Å²) in [7, 11) is 0. The van der Waals surface area contributed by atoms with Crippen LogP contribution in [0.2, 0.25) is 0 Å². The maximum absolute atomic E-state index is 10.4. The van der Waals surface area contributed by atoms with Crippen molar-refractivity contribution in [2.45, 2.75) is 13.3 Å². The molecule has 0 aromatic rings. The van der Waals surface area contributed by atoms with Crippen LogP contribution in [0.5, 0.6) is 0 Å². The van der Waals surface area contributed by atoms with Crippen LogP contribution in [0.25, 0.3) is 0 Å². The van der Waals surface area contributed by atoms with Gasteiger partial charge in [0.2, 0.25) is 5.91 Å². The summed E-state index contributed by atoms with van der Waals surface area (Å²) in [5, 5.41) is 11.1. The van der Waals surface area contributed by atoms with Crippen LogP contribution in [0, 0.1) is 5.92 Å². The molecule has 1 unspecified atom stereocenters. The number of rotatable bonds is 5. The number of amides is 1. The predicted molar refractivity (Wildman–Crippen MR) is 48.3 cm³/mol. The summed E-state index contributed by atoms with van der Waals surface area (Å²) in [4.78, 5) is 20.9. The van der Waals surface area contributed by atoms with Crippen molar-refractivity contribution in [3.63, 3.8) is 0 Å². The molecule has 0 aliphatic rings. The molecule has 0 aliphatic carbocycles. The molecule has 0 aromatic carbocycles. The van der Waals surface area contributed by atoms with Crippen LogP contribution in [-0.4, -0.2) is 29.3 Å². The highest BCUT2D eigenvalue weighted by atomic mass is 32.1. The van der Waals surface area contributed by atoms with E-state index in [1.165, 1.54) is 6.92 Å². The number of carboxylic acid groups (broad SMARTS) is 1. The van der Waals surface area contributed by atoms with Crippen molar-refractivity contribution in [3.05, 3.63) is 0 Å². The van der Waals surface area contributed by atoms with Gasteiger partial charge in [-0.25, -0.2) is 0 Å². The Bertz CT molecular complexity index is 172. The molecule has 0 heterocycles. The lowest BCUT2D eigenvalue weighted by Gasteiger charge is -2.08. The Morgan fingerprint density at radius 2 is 2.17 bits per heavy atom. The third kappa shape index (κ3) is 5.01. The first kappa shape index (κ1) is 11.3. The summed E-state index contributed by atoms with van der Waals surface area (Å²) < 4.78 is 0. The fourth-order valence-electron chi connectivity index (χ4n) is 0.715. The highest BCUT2D eigenvalue weighted by Gasteiger charge is 2.14. The first-order valence-corrected chi connectivity index (χ1v) is 4.29. The molecule has 70 valence electrons. The number of aliphatic carboxylic acids is 1. The molecule has 0 aromatic heterocycles. The zero-order valence-electron chi connectivity index (χ0n) is 6.91. The minimum atomic E-state index is -0.865. The molecule has 0 saturated heterocycles. The zero-order chi connectivity index (χ0) is 9.56. The SMILES string of the molecule is CC(=O)NCCC(CS)C(=O)O. The third-order valence-electron chi connectivity index (χ3n) is 1.44. The molecule has 0 bridgehead atoms. The van der Waals surface area contributed by atoms with Crippen LogP contribution in [-0.2, 0) is 9.59 Å². The average molecular weight is 191 g/mol. The second-order valence-corrected chi connectivity index (χ2v) is 2.85. The molecule has 2 N–H and O–H groups in total. The summed E-state index contributed by atoms with van der Waals surface area (Å²) in [5.41, 5.74) is 0. The van der Waals surface area contributed by atoms with E-state index in [9.17, 15) is 9.59 Å². The highest BCUT2D eigenvalue weighted by Crippen LogP contribution is 2.03. The van der Waals surface area contributed by atoms with Crippen LogP contribution in [0.1, 0.15) is 13.3 Å². The van der Waals surface area contributed by atoms with Crippen molar-refractivity contribution >= 4 is 24.5 Å². The topological polar surface area (TPSA) is 66.4 Å². The van der Waals surface area contributed by atoms with Gasteiger partial charge >= 0.3 is 5.97 Å². The van der Waals surface area contributed by atoms with Crippen molar-refractivity contribution in [3.8, 4) is 0 Å². The fourth-order valence-corrected chi connectivity index (χ4v) is 1.05. The van der Waals surface area contributed by atoms with Gasteiger partial charge in [0.1, 0.15) is 0 Å². The van der Waals surface area contributed by atoms with Crippen molar-refractivity contribution in [1.29, 1.82) is 0 Å². The van der Waals surface area contributed by atoms with Crippen molar-refractivity contribution < 1.29 is 14.7 Å². The lowest BCUT2D eigenvalue weighted by Crippen LogP contribution is -2.26. The first-order valence-electron chi connectivity index (χ1n) is 3.66. The normalized spacial score (nSPS) is 12.2. The lowest BCUT2D eigenvalue weighted by atomic mass is 10.1. The maximum atomic E-state index is 10.4. The monoisotopic (exact) mass is 191 g/mol. The van der Waals surface area contributed by atoms with E-state index in [0.29, 0.717) is 18.7 Å². The Morgan fingerprint density at radius 1 is 1.58 bits per heavy atom. The Balaban J connectivity index is 3.59. The number of carbonyl (C=O) groups is 2. The summed E-state index contributed by atoms with van der Waals surface area (Å²) >= 11 is 3.89. The van der Waals surface area contributed by atoms with E-state index in [2.05, 4.69) is 17.9 Å². The second kappa shape index (κ2) is 5.88. The molecule has 0 rings (SSSR count). The number of nitrogens with one attached hydrogen (secondary N) is 1. The minimum absolute atomic E-state index is 0.140. The van der Waals surface area contributed by atoms with Crippen LogP contribution < -0.4 is 5.32 Å². The van der Waals surface area contributed by atoms with Gasteiger partial charge in [0.15, 0.2) is 0 Å². The maximum Gasteiger partial charge on any atom is 0.307 e. The minimum Gasteiger partial charge on any atom is -0.481 e. The van der Waals surface area contributed by atoms with Crippen LogP contribution in [0.4, 0.5) is 0 Å². The number of carboxylic acids is 1. The van der Waals surface area contributed by atoms with Crippen molar-refractivity contribution in [2.75, 3.05) is 12.3 Å². The van der Waals surface area contributed by atoms with Gasteiger partial charge in [-0.2, -0.15) is 12.6 Å². The van der Waals surface area contributed by atoms with Gasteiger partial charge in [-0.05, 0) is 6.42 Å². The van der Waals surface area contributed by atoms with E-state index < -0.39 is 11.9 Å². The summed E-state index contributed by atoms with van der Waals surface area (Å²) in [5.74, 6) is -1.18. The largest absolute Gasteiger partial charge is 0.481 e. The summed E-state index contributed by atoms with van der Waals surface area (Å²) in [6.07, 6.45) is 0.429. The van der Waals surface area contributed by atoms with Crippen molar-refractivity contribution in [1.82, 2.24) is 5.32 Å². The third-order valence-corrected chi connectivity index (χ3v) is 1.88. The summed E-state index contributed by atoms with van der Waals surface area (Å²) in [6.45, 7) is 1.79. The molecule has 4 nitrogen and oxygen atoms in total. The summed E-state index contributed by atoms with van der Waals surface area (Å²) in [6, 6.07) is 0. The zero-order valence-corrected chi connectivity index (χ0v) is 7.80. The lowest BCUT2D eigenvalue weighted by molar-refractivity contribution is -0.141. The van der Waals surface area contributed by atoms with E-state index in [4.69, 9.17) is 5.11 Å². The number of thiol groups is 1. The highest BCUT2D eigenvalue weighted by molar-refractivity contribution is 7.80. The Labute approximate surface area is 76.8 Å². The van der Waals surface area contributed by atoms with Crippen LogP contribution in [0.15, 0.2) is 0 Å². The second-order valence-electron chi connectivity index (χ2n) is 2.49. The van der Waals surface area contributed by atoms with E-state index in [0.717, 1.165) is 0 Å². The standard InChI is InChI=1S/C7H13NO3S/c1-5(9)8-3-2-6(4-12)7(10)11/h6,12H,2-4H2,1H3,(H,8,9)(H,10,11). The Kier molecular flexibility index (Phi) is 5.53. The first-order chi connectivity index (χ1) is 5.57. The molecule has 0 aliphatic heterocycles. The molecule has 5 heteroatoms. The fraction of sp³-hybridized carbons (Fsp3) is 0.714. The number of carbonyl (C=O) groups excluding carboxylic acids is 1. The number of hydrogen-bond acceptors (Lipinski definition) is 3. The molecule has 12 heavy (non-hydrogen) atoms. The Hall–Kier alpha value is -0.710. The smallest absolute Gasteiger partial charge is 0.307 e. The van der Waals surface area contributed by atoms with Gasteiger partial charge in [0.25, 0.3) is 0 Å².